The molecule has 4 rings (SSSR count). The highest BCUT2D eigenvalue weighted by molar-refractivity contribution is 6.10. The van der Waals surface area contributed by atoms with Crippen LogP contribution < -0.4 is 0 Å². The first kappa shape index (κ1) is 16.2. The number of rotatable bonds is 4. The summed E-state index contributed by atoms with van der Waals surface area (Å²) in [6, 6.07) is 14.0. The Bertz CT molecular complexity index is 1160. The Labute approximate surface area is 149 Å². The van der Waals surface area contributed by atoms with Gasteiger partial charge in [0.15, 0.2) is 17.5 Å². The van der Waals surface area contributed by atoms with Crippen LogP contribution in [0.2, 0.25) is 0 Å². The summed E-state index contributed by atoms with van der Waals surface area (Å²) in [6.07, 6.45) is 0. The third-order valence-corrected chi connectivity index (χ3v) is 4.35. The third-order valence-electron chi connectivity index (χ3n) is 4.35. The molecular weight excluding hydrogens is 330 g/mol. The van der Waals surface area contributed by atoms with Crippen molar-refractivity contribution in [1.29, 1.82) is 0 Å². The van der Waals surface area contributed by atoms with E-state index in [1.807, 2.05) is 48.5 Å². The molecule has 0 amide bonds. The fourth-order valence-electron chi connectivity index (χ4n) is 3.27. The molecule has 130 valence electrons. The summed E-state index contributed by atoms with van der Waals surface area (Å²) >= 11 is 0. The number of fused-ring (bicyclic) bond motifs is 4. The summed E-state index contributed by atoms with van der Waals surface area (Å²) in [4.78, 5) is 34.3. The minimum atomic E-state index is -1.09. The van der Waals surface area contributed by atoms with E-state index < -0.39 is 12.0 Å². The van der Waals surface area contributed by atoms with E-state index in [2.05, 4.69) is 0 Å². The van der Waals surface area contributed by atoms with Crippen molar-refractivity contribution in [2.75, 3.05) is 6.61 Å². The number of nitrogens with zero attached hydrogens (tertiary/aromatic N) is 3. The van der Waals surface area contributed by atoms with Crippen LogP contribution in [-0.4, -0.2) is 32.9 Å². The van der Waals surface area contributed by atoms with Crippen LogP contribution >= 0.6 is 0 Å². The zero-order chi connectivity index (χ0) is 18.3. The lowest BCUT2D eigenvalue weighted by Crippen LogP contribution is -2.28. The Morgan fingerprint density at radius 1 is 1.04 bits per heavy atom. The number of aromatic nitrogens is 3. The van der Waals surface area contributed by atoms with Gasteiger partial charge in [0.2, 0.25) is 0 Å². The molecule has 0 radical (unpaired) electrons. The lowest BCUT2D eigenvalue weighted by atomic mass is 10.2. The number of hydrogen-bond donors (Lipinski definition) is 0. The summed E-state index contributed by atoms with van der Waals surface area (Å²) in [7, 11) is 0. The molecule has 0 fully saturated rings. The summed E-state index contributed by atoms with van der Waals surface area (Å²) < 4.78 is 6.79. The second-order valence-corrected chi connectivity index (χ2v) is 6.04. The lowest BCUT2D eigenvalue weighted by Gasteiger charge is -2.16. The minimum Gasteiger partial charge on any atom is -0.464 e. The second kappa shape index (κ2) is 6.22. The van der Waals surface area contributed by atoms with Crippen LogP contribution in [0.15, 0.2) is 48.5 Å². The predicted octanol–water partition coefficient (Wildman–Crippen LogP) is 3.43. The van der Waals surface area contributed by atoms with Gasteiger partial charge in [0, 0.05) is 5.39 Å². The van der Waals surface area contributed by atoms with Crippen molar-refractivity contribution in [3.63, 3.8) is 0 Å². The second-order valence-electron chi connectivity index (χ2n) is 6.04. The minimum absolute atomic E-state index is 0.203. The smallest absolute Gasteiger partial charge is 0.336 e. The van der Waals surface area contributed by atoms with E-state index in [-0.39, 0.29) is 12.4 Å². The van der Waals surface area contributed by atoms with Gasteiger partial charge in [-0.3, -0.25) is 4.79 Å². The first-order chi connectivity index (χ1) is 12.6. The van der Waals surface area contributed by atoms with Gasteiger partial charge in [-0.1, -0.05) is 30.3 Å². The van der Waals surface area contributed by atoms with Crippen LogP contribution in [0.3, 0.4) is 0 Å². The van der Waals surface area contributed by atoms with E-state index in [1.54, 1.807) is 11.5 Å². The Morgan fingerprint density at radius 2 is 1.69 bits per heavy atom. The molecule has 0 bridgehead atoms. The molecule has 26 heavy (non-hydrogen) atoms. The lowest BCUT2D eigenvalue weighted by molar-refractivity contribution is -0.149. The Morgan fingerprint density at radius 3 is 2.38 bits per heavy atom. The van der Waals surface area contributed by atoms with E-state index in [0.717, 1.165) is 16.4 Å². The van der Waals surface area contributed by atoms with Crippen LogP contribution in [0.4, 0.5) is 0 Å². The van der Waals surface area contributed by atoms with Crippen LogP contribution in [0.1, 0.15) is 19.9 Å². The highest BCUT2D eigenvalue weighted by Gasteiger charge is 2.31. The quantitative estimate of drug-likeness (QED) is 0.418. The highest BCUT2D eigenvalue weighted by atomic mass is 16.5. The number of ether oxygens (including phenoxy) is 1. The maximum atomic E-state index is 12.5. The van der Waals surface area contributed by atoms with E-state index in [9.17, 15) is 9.59 Å². The summed E-state index contributed by atoms with van der Waals surface area (Å²) in [5.41, 5.74) is 3.35. The number of para-hydroxylation sites is 3. The number of benzene rings is 2. The molecule has 1 atom stereocenters. The molecule has 0 aliphatic rings. The van der Waals surface area contributed by atoms with Gasteiger partial charge in [-0.15, -0.1) is 0 Å². The Kier molecular flexibility index (Phi) is 3.88. The molecule has 0 N–H and O–H groups in total. The first-order valence-electron chi connectivity index (χ1n) is 8.44. The zero-order valence-electron chi connectivity index (χ0n) is 14.5. The van der Waals surface area contributed by atoms with E-state index in [4.69, 9.17) is 14.7 Å². The van der Waals surface area contributed by atoms with Gasteiger partial charge in [-0.25, -0.2) is 14.8 Å². The van der Waals surface area contributed by atoms with Crippen molar-refractivity contribution in [2.24, 2.45) is 0 Å². The normalized spacial score (nSPS) is 12.5. The molecule has 2 aromatic carbocycles. The zero-order valence-corrected chi connectivity index (χ0v) is 14.5. The molecule has 2 aromatic heterocycles. The number of Topliss-reactive ketones (excluding diaryl/α,β-unsaturated/α-hetero) is 1. The van der Waals surface area contributed by atoms with Gasteiger partial charge >= 0.3 is 5.97 Å². The van der Waals surface area contributed by atoms with Crippen LogP contribution in [0.5, 0.6) is 0 Å². The van der Waals surface area contributed by atoms with Crippen molar-refractivity contribution >= 4 is 44.9 Å². The highest BCUT2D eigenvalue weighted by Crippen LogP contribution is 2.31. The van der Waals surface area contributed by atoms with Crippen molar-refractivity contribution in [3.05, 3.63) is 48.5 Å². The first-order valence-corrected chi connectivity index (χ1v) is 8.44. The monoisotopic (exact) mass is 347 g/mol. The molecule has 2 heterocycles. The number of esters is 1. The Balaban J connectivity index is 2.13. The maximum Gasteiger partial charge on any atom is 0.336 e. The molecule has 6 nitrogen and oxygen atoms in total. The third kappa shape index (κ3) is 2.42. The Hall–Kier alpha value is -3.28. The van der Waals surface area contributed by atoms with E-state index in [1.165, 1.54) is 6.92 Å². The van der Waals surface area contributed by atoms with Crippen LogP contribution in [-0.2, 0) is 14.3 Å². The van der Waals surface area contributed by atoms with Gasteiger partial charge < -0.3 is 9.30 Å². The molecule has 0 aliphatic carbocycles. The summed E-state index contributed by atoms with van der Waals surface area (Å²) in [5.74, 6) is -0.890. The van der Waals surface area contributed by atoms with Gasteiger partial charge in [0.05, 0.1) is 23.2 Å². The molecule has 4 aromatic rings. The number of ketones is 1. The van der Waals surface area contributed by atoms with Gasteiger partial charge in [0.1, 0.15) is 5.52 Å². The summed E-state index contributed by atoms with van der Waals surface area (Å²) in [6.45, 7) is 3.30. The molecule has 0 saturated heterocycles. The molecular formula is C20H17N3O3. The van der Waals surface area contributed by atoms with Crippen LogP contribution in [0, 0.1) is 0 Å². The SMILES string of the molecule is CCOC(=O)C(C(C)=O)n1c2ccccc2c2nc3ccccc3nc21. The predicted molar refractivity (Wildman–Crippen MR) is 98.9 cm³/mol. The van der Waals surface area contributed by atoms with Crippen molar-refractivity contribution < 1.29 is 14.3 Å². The topological polar surface area (TPSA) is 74.1 Å². The molecule has 6 heteroatoms. The van der Waals surface area contributed by atoms with E-state index >= 15 is 0 Å². The van der Waals surface area contributed by atoms with Crippen LogP contribution in [0.25, 0.3) is 33.1 Å². The van der Waals surface area contributed by atoms with Crippen molar-refractivity contribution in [3.8, 4) is 0 Å². The van der Waals surface area contributed by atoms with Crippen molar-refractivity contribution in [1.82, 2.24) is 14.5 Å². The van der Waals surface area contributed by atoms with Gasteiger partial charge in [-0.2, -0.15) is 0 Å². The molecule has 0 aliphatic heterocycles. The van der Waals surface area contributed by atoms with E-state index in [0.29, 0.717) is 16.7 Å². The molecule has 0 spiro atoms. The number of carbonyl (C=O) groups excluding carboxylic acids is 2. The van der Waals surface area contributed by atoms with Crippen molar-refractivity contribution in [2.45, 2.75) is 19.9 Å². The molecule has 1 unspecified atom stereocenters. The average Bonchev–Trinajstić information content (AvgIpc) is 2.94. The average molecular weight is 347 g/mol. The number of hydrogen-bond acceptors (Lipinski definition) is 5. The largest absolute Gasteiger partial charge is 0.464 e. The standard InChI is InChI=1S/C20H17N3O3/c1-3-26-20(25)18(12(2)24)23-16-11-7-4-8-13(16)17-19(23)22-15-10-6-5-9-14(15)21-17/h4-11,18H,3H2,1-2H3. The van der Waals surface area contributed by atoms with Gasteiger partial charge in [-0.05, 0) is 32.0 Å². The molecule has 0 saturated carbocycles. The number of carbonyl (C=O) groups is 2. The van der Waals surface area contributed by atoms with Gasteiger partial charge in [0.25, 0.3) is 0 Å². The maximum absolute atomic E-state index is 12.5. The fourth-order valence-corrected chi connectivity index (χ4v) is 3.27. The fraction of sp³-hybridized carbons (Fsp3) is 0.200. The summed E-state index contributed by atoms with van der Waals surface area (Å²) in [5, 5.41) is 0.844.